The molecule has 5 heteroatoms. The van der Waals surface area contributed by atoms with E-state index in [9.17, 15) is 0 Å². The molecule has 5 nitrogen and oxygen atoms in total. The van der Waals surface area contributed by atoms with Crippen LogP contribution in [0, 0.1) is 6.92 Å². The quantitative estimate of drug-likeness (QED) is 0.773. The topological polar surface area (TPSA) is 66.5 Å². The molecule has 2 N–H and O–H groups in total. The lowest BCUT2D eigenvalue weighted by molar-refractivity contribution is 0.743. The fourth-order valence-electron chi connectivity index (χ4n) is 3.30. The zero-order valence-electron chi connectivity index (χ0n) is 13.3. The number of nitrogens with one attached hydrogen (secondary N) is 2. The molecular formula is C18H21N5. The van der Waals surface area contributed by atoms with Crippen LogP contribution < -0.4 is 5.32 Å². The summed E-state index contributed by atoms with van der Waals surface area (Å²) in [6.07, 6.45) is 13.7. The Hall–Kier alpha value is -2.43. The number of aryl methyl sites for hydroxylation is 1. The number of rotatable bonds is 4. The van der Waals surface area contributed by atoms with Gasteiger partial charge in [0.05, 0.1) is 0 Å². The van der Waals surface area contributed by atoms with Crippen molar-refractivity contribution in [2.75, 3.05) is 5.32 Å². The Labute approximate surface area is 135 Å². The molecule has 4 rings (SSSR count). The zero-order chi connectivity index (χ0) is 15.6. The van der Waals surface area contributed by atoms with Crippen molar-refractivity contribution in [1.29, 1.82) is 0 Å². The van der Waals surface area contributed by atoms with Gasteiger partial charge in [0.25, 0.3) is 0 Å². The van der Waals surface area contributed by atoms with Gasteiger partial charge in [-0.1, -0.05) is 12.8 Å². The van der Waals surface area contributed by atoms with Crippen LogP contribution in [-0.2, 0) is 6.42 Å². The van der Waals surface area contributed by atoms with Gasteiger partial charge >= 0.3 is 0 Å². The van der Waals surface area contributed by atoms with Crippen LogP contribution in [0.4, 0.5) is 5.95 Å². The number of aromatic amines is 1. The Morgan fingerprint density at radius 1 is 1.13 bits per heavy atom. The molecule has 23 heavy (non-hydrogen) atoms. The minimum Gasteiger partial charge on any atom is -0.351 e. The van der Waals surface area contributed by atoms with E-state index in [1.165, 1.54) is 42.2 Å². The number of hydrogen-bond donors (Lipinski definition) is 2. The summed E-state index contributed by atoms with van der Waals surface area (Å²) in [5.74, 6) is 0.747. The van der Waals surface area contributed by atoms with Gasteiger partial charge in [-0.25, -0.2) is 15.0 Å². The van der Waals surface area contributed by atoms with Crippen LogP contribution in [0.1, 0.15) is 42.4 Å². The molecule has 3 aromatic rings. The molecular weight excluding hydrogens is 286 g/mol. The van der Waals surface area contributed by atoms with Crippen molar-refractivity contribution in [3.8, 4) is 0 Å². The highest BCUT2D eigenvalue weighted by molar-refractivity contribution is 5.80. The van der Waals surface area contributed by atoms with Crippen LogP contribution in [0.15, 0.2) is 30.9 Å². The maximum absolute atomic E-state index is 4.47. The van der Waals surface area contributed by atoms with E-state index in [-0.39, 0.29) is 0 Å². The molecule has 1 aliphatic carbocycles. The van der Waals surface area contributed by atoms with Gasteiger partial charge in [0, 0.05) is 42.6 Å². The van der Waals surface area contributed by atoms with E-state index < -0.39 is 0 Å². The molecule has 1 aliphatic rings. The lowest BCUT2D eigenvalue weighted by Crippen LogP contribution is -2.16. The van der Waals surface area contributed by atoms with Gasteiger partial charge in [-0.05, 0) is 42.5 Å². The van der Waals surface area contributed by atoms with Gasteiger partial charge in [-0.3, -0.25) is 0 Å². The third-order valence-electron chi connectivity index (χ3n) is 4.54. The Morgan fingerprint density at radius 2 is 1.91 bits per heavy atom. The van der Waals surface area contributed by atoms with Crippen molar-refractivity contribution < 1.29 is 0 Å². The van der Waals surface area contributed by atoms with Gasteiger partial charge in [-0.15, -0.1) is 0 Å². The lowest BCUT2D eigenvalue weighted by Gasteiger charge is -2.11. The van der Waals surface area contributed by atoms with Gasteiger partial charge in [0.15, 0.2) is 0 Å². The lowest BCUT2D eigenvalue weighted by atomic mass is 10.1. The van der Waals surface area contributed by atoms with Crippen LogP contribution in [0.5, 0.6) is 0 Å². The van der Waals surface area contributed by atoms with Crippen LogP contribution in [0.25, 0.3) is 11.0 Å². The zero-order valence-corrected chi connectivity index (χ0v) is 13.3. The highest BCUT2D eigenvalue weighted by Crippen LogP contribution is 2.22. The van der Waals surface area contributed by atoms with Gasteiger partial charge in [0.2, 0.25) is 5.95 Å². The minimum atomic E-state index is 0.545. The molecule has 0 amide bonds. The van der Waals surface area contributed by atoms with Crippen molar-refractivity contribution in [3.63, 3.8) is 0 Å². The third-order valence-corrected chi connectivity index (χ3v) is 4.54. The van der Waals surface area contributed by atoms with E-state index in [0.717, 1.165) is 23.6 Å². The maximum atomic E-state index is 4.47. The molecule has 0 radical (unpaired) electrons. The van der Waals surface area contributed by atoms with E-state index in [1.54, 1.807) is 0 Å². The summed E-state index contributed by atoms with van der Waals surface area (Å²) in [7, 11) is 0. The summed E-state index contributed by atoms with van der Waals surface area (Å²) in [4.78, 5) is 16.6. The summed E-state index contributed by atoms with van der Waals surface area (Å²) < 4.78 is 0. The molecule has 3 aromatic heterocycles. The number of nitrogens with zero attached hydrogens (tertiary/aromatic N) is 3. The van der Waals surface area contributed by atoms with E-state index in [2.05, 4.69) is 38.2 Å². The number of aromatic nitrogens is 4. The number of pyridine rings is 1. The maximum Gasteiger partial charge on any atom is 0.222 e. The van der Waals surface area contributed by atoms with Crippen molar-refractivity contribution in [1.82, 2.24) is 19.9 Å². The summed E-state index contributed by atoms with van der Waals surface area (Å²) in [5.41, 5.74) is 4.46. The van der Waals surface area contributed by atoms with Crippen molar-refractivity contribution in [2.45, 2.75) is 45.1 Å². The first-order valence-electron chi connectivity index (χ1n) is 8.28. The van der Waals surface area contributed by atoms with Crippen LogP contribution in [0.2, 0.25) is 0 Å². The van der Waals surface area contributed by atoms with Crippen molar-refractivity contribution >= 4 is 17.0 Å². The average molecular weight is 307 g/mol. The largest absolute Gasteiger partial charge is 0.351 e. The highest BCUT2D eigenvalue weighted by Gasteiger charge is 2.15. The van der Waals surface area contributed by atoms with Crippen molar-refractivity contribution in [3.05, 3.63) is 47.5 Å². The molecule has 0 aliphatic heterocycles. The summed E-state index contributed by atoms with van der Waals surface area (Å²) in [5, 5.41) is 4.60. The molecule has 0 bridgehead atoms. The summed E-state index contributed by atoms with van der Waals surface area (Å²) in [6, 6.07) is 2.72. The van der Waals surface area contributed by atoms with Gasteiger partial charge < -0.3 is 10.3 Å². The number of hydrogen-bond acceptors (Lipinski definition) is 4. The van der Waals surface area contributed by atoms with E-state index in [0.29, 0.717) is 6.04 Å². The SMILES string of the molecule is Cc1cnc2[nH]cc(Cc3cnc(NC4CCCC4)nc3)c2c1. The molecule has 0 aromatic carbocycles. The molecule has 0 saturated heterocycles. The van der Waals surface area contributed by atoms with Crippen molar-refractivity contribution in [2.24, 2.45) is 0 Å². The molecule has 0 unspecified atom stereocenters. The van der Waals surface area contributed by atoms with Gasteiger partial charge in [0.1, 0.15) is 5.65 Å². The second-order valence-corrected chi connectivity index (χ2v) is 6.44. The Balaban J connectivity index is 1.50. The first kappa shape index (κ1) is 14.2. The monoisotopic (exact) mass is 307 g/mol. The number of fused-ring (bicyclic) bond motifs is 1. The third kappa shape index (κ3) is 3.04. The summed E-state index contributed by atoms with van der Waals surface area (Å²) >= 11 is 0. The first-order chi connectivity index (χ1) is 11.3. The average Bonchev–Trinajstić information content (AvgIpc) is 3.20. The Kier molecular flexibility index (Phi) is 3.69. The second kappa shape index (κ2) is 5.99. The van der Waals surface area contributed by atoms with E-state index >= 15 is 0 Å². The standard InChI is InChI=1S/C18H21N5/c1-12-6-16-14(11-20-17(16)19-8-12)7-13-9-21-18(22-10-13)23-15-4-2-3-5-15/h6,8-11,15H,2-5,7H2,1H3,(H,19,20)(H,21,22,23). The van der Waals surface area contributed by atoms with Gasteiger partial charge in [-0.2, -0.15) is 0 Å². The fraction of sp³-hybridized carbons (Fsp3) is 0.389. The normalized spacial score (nSPS) is 15.3. The minimum absolute atomic E-state index is 0.545. The van der Waals surface area contributed by atoms with E-state index in [1.807, 2.05) is 24.8 Å². The second-order valence-electron chi connectivity index (χ2n) is 6.44. The number of anilines is 1. The van der Waals surface area contributed by atoms with Crippen LogP contribution >= 0.6 is 0 Å². The fourth-order valence-corrected chi connectivity index (χ4v) is 3.30. The predicted octanol–water partition coefficient (Wildman–Crippen LogP) is 3.61. The van der Waals surface area contributed by atoms with Crippen LogP contribution in [0.3, 0.4) is 0 Å². The van der Waals surface area contributed by atoms with Crippen LogP contribution in [-0.4, -0.2) is 26.0 Å². The molecule has 0 atom stereocenters. The molecule has 1 saturated carbocycles. The molecule has 118 valence electrons. The number of H-pyrrole nitrogens is 1. The smallest absolute Gasteiger partial charge is 0.222 e. The molecule has 0 spiro atoms. The first-order valence-corrected chi connectivity index (χ1v) is 8.28. The Morgan fingerprint density at radius 3 is 2.70 bits per heavy atom. The molecule has 3 heterocycles. The predicted molar refractivity (Wildman–Crippen MR) is 91.5 cm³/mol. The summed E-state index contributed by atoms with van der Waals surface area (Å²) in [6.45, 7) is 2.07. The Bertz CT molecular complexity index is 800. The highest BCUT2D eigenvalue weighted by atomic mass is 15.1. The van der Waals surface area contributed by atoms with E-state index in [4.69, 9.17) is 0 Å². The molecule has 1 fully saturated rings.